The predicted molar refractivity (Wildman–Crippen MR) is 115 cm³/mol. The molecule has 0 radical (unpaired) electrons. The van der Waals surface area contributed by atoms with Crippen molar-refractivity contribution in [2.45, 2.75) is 77.4 Å². The van der Waals surface area contributed by atoms with Gasteiger partial charge in [0.1, 0.15) is 11.4 Å². The van der Waals surface area contributed by atoms with Crippen LogP contribution in [0.1, 0.15) is 65.7 Å². The maximum atomic E-state index is 13.3. The lowest BCUT2D eigenvalue weighted by atomic mass is 9.83. The molecule has 1 amide bonds. The fourth-order valence-electron chi connectivity index (χ4n) is 3.88. The molecule has 152 valence electrons. The third-order valence-corrected chi connectivity index (χ3v) is 5.69. The lowest BCUT2D eigenvalue weighted by Gasteiger charge is -2.35. The van der Waals surface area contributed by atoms with Crippen LogP contribution in [0.25, 0.3) is 10.8 Å². The summed E-state index contributed by atoms with van der Waals surface area (Å²) in [4.78, 5) is 13.3. The van der Waals surface area contributed by atoms with Crippen molar-refractivity contribution in [1.82, 2.24) is 0 Å². The second-order valence-corrected chi connectivity index (χ2v) is 7.85. The normalized spacial score (nSPS) is 17.2. The van der Waals surface area contributed by atoms with E-state index < -0.39 is 5.60 Å². The Hall–Kier alpha value is -2.07. The van der Waals surface area contributed by atoms with Gasteiger partial charge in [-0.05, 0) is 44.7 Å². The minimum Gasteiger partial charge on any atom is -0.490 e. The van der Waals surface area contributed by atoms with E-state index in [1.165, 1.54) is 6.42 Å². The lowest BCUT2D eigenvalue weighted by Crippen LogP contribution is -2.47. The first-order chi connectivity index (χ1) is 13.6. The Morgan fingerprint density at radius 1 is 1.07 bits per heavy atom. The zero-order valence-corrected chi connectivity index (χ0v) is 17.4. The van der Waals surface area contributed by atoms with Crippen LogP contribution in [0.5, 0.6) is 5.75 Å². The monoisotopic (exact) mass is 383 g/mol. The standard InChI is InChI=1S/C24H33NO3/c1-4-17-27-24(15-9-6-10-16-24)23(26)25-21-13-14-22(28-18(3)5-2)20-12-8-7-11-19(20)21/h7-8,11-14,18H,4-6,9-10,15-17H2,1-3H3,(H,25,26)/t18-/m1/s1. The second-order valence-electron chi connectivity index (χ2n) is 7.85. The Balaban J connectivity index is 1.89. The smallest absolute Gasteiger partial charge is 0.256 e. The molecule has 3 rings (SSSR count). The SMILES string of the molecule is CCCOC1(C(=O)Nc2ccc(O[C@H](C)CC)c3ccccc23)CCCCC1. The van der Waals surface area contributed by atoms with Crippen molar-refractivity contribution in [3.8, 4) is 5.75 Å². The number of hydrogen-bond donors (Lipinski definition) is 1. The summed E-state index contributed by atoms with van der Waals surface area (Å²) in [6.07, 6.45) is 6.87. The minimum absolute atomic E-state index is 0.0126. The van der Waals surface area contributed by atoms with Crippen LogP contribution < -0.4 is 10.1 Å². The van der Waals surface area contributed by atoms with Crippen LogP contribution in [0.2, 0.25) is 0 Å². The van der Waals surface area contributed by atoms with E-state index >= 15 is 0 Å². The van der Waals surface area contributed by atoms with E-state index in [-0.39, 0.29) is 12.0 Å². The zero-order chi connectivity index (χ0) is 20.0. The van der Waals surface area contributed by atoms with E-state index in [2.05, 4.69) is 26.1 Å². The van der Waals surface area contributed by atoms with Crippen molar-refractivity contribution >= 4 is 22.4 Å². The number of nitrogens with one attached hydrogen (secondary N) is 1. The highest BCUT2D eigenvalue weighted by Crippen LogP contribution is 2.36. The number of ether oxygens (including phenoxy) is 2. The summed E-state index contributed by atoms with van der Waals surface area (Å²) < 4.78 is 12.2. The summed E-state index contributed by atoms with van der Waals surface area (Å²) in [5.74, 6) is 0.846. The average Bonchev–Trinajstić information content (AvgIpc) is 2.74. The van der Waals surface area contributed by atoms with E-state index in [0.717, 1.165) is 60.7 Å². The third-order valence-electron chi connectivity index (χ3n) is 5.69. The molecule has 0 spiro atoms. The number of benzene rings is 2. The van der Waals surface area contributed by atoms with Crippen molar-refractivity contribution in [2.75, 3.05) is 11.9 Å². The van der Waals surface area contributed by atoms with Gasteiger partial charge in [-0.2, -0.15) is 0 Å². The molecule has 28 heavy (non-hydrogen) atoms. The third kappa shape index (κ3) is 4.49. The number of amides is 1. The molecule has 1 aliphatic carbocycles. The van der Waals surface area contributed by atoms with E-state index in [1.807, 2.05) is 36.4 Å². The Morgan fingerprint density at radius 2 is 1.79 bits per heavy atom. The van der Waals surface area contributed by atoms with Gasteiger partial charge in [0.25, 0.3) is 5.91 Å². The molecule has 1 fully saturated rings. The van der Waals surface area contributed by atoms with Gasteiger partial charge in [-0.15, -0.1) is 0 Å². The summed E-state index contributed by atoms with van der Waals surface area (Å²) >= 11 is 0. The Kier molecular flexibility index (Phi) is 6.95. The van der Waals surface area contributed by atoms with E-state index in [1.54, 1.807) is 0 Å². The largest absolute Gasteiger partial charge is 0.490 e. The molecule has 1 N–H and O–H groups in total. The zero-order valence-electron chi connectivity index (χ0n) is 17.4. The lowest BCUT2D eigenvalue weighted by molar-refractivity contribution is -0.146. The minimum atomic E-state index is -0.693. The first-order valence-corrected chi connectivity index (χ1v) is 10.7. The molecule has 1 aliphatic rings. The average molecular weight is 384 g/mol. The molecule has 0 unspecified atom stereocenters. The van der Waals surface area contributed by atoms with Crippen LogP contribution in [0, 0.1) is 0 Å². The fourth-order valence-corrected chi connectivity index (χ4v) is 3.88. The maximum Gasteiger partial charge on any atom is 0.256 e. The molecule has 0 aromatic heterocycles. The van der Waals surface area contributed by atoms with Gasteiger partial charge in [0.05, 0.1) is 6.10 Å². The van der Waals surface area contributed by atoms with Gasteiger partial charge < -0.3 is 14.8 Å². The highest BCUT2D eigenvalue weighted by atomic mass is 16.5. The quantitative estimate of drug-likeness (QED) is 0.600. The topological polar surface area (TPSA) is 47.6 Å². The molecule has 4 nitrogen and oxygen atoms in total. The highest BCUT2D eigenvalue weighted by Gasteiger charge is 2.40. The molecular weight excluding hydrogens is 350 g/mol. The predicted octanol–water partition coefficient (Wildman–Crippen LogP) is 6.09. The Labute approximate surface area is 168 Å². The molecule has 1 atom stereocenters. The summed E-state index contributed by atoms with van der Waals surface area (Å²) in [6.45, 7) is 6.89. The summed E-state index contributed by atoms with van der Waals surface area (Å²) in [7, 11) is 0. The molecule has 0 heterocycles. The Morgan fingerprint density at radius 3 is 2.46 bits per heavy atom. The van der Waals surface area contributed by atoms with Gasteiger partial charge in [-0.1, -0.05) is 57.4 Å². The number of fused-ring (bicyclic) bond motifs is 1. The van der Waals surface area contributed by atoms with Gasteiger partial charge >= 0.3 is 0 Å². The van der Waals surface area contributed by atoms with E-state index in [4.69, 9.17) is 9.47 Å². The van der Waals surface area contributed by atoms with Gasteiger partial charge in [0.2, 0.25) is 0 Å². The van der Waals surface area contributed by atoms with E-state index in [9.17, 15) is 4.79 Å². The summed E-state index contributed by atoms with van der Waals surface area (Å²) in [5, 5.41) is 5.20. The molecular formula is C24H33NO3. The van der Waals surface area contributed by atoms with Crippen molar-refractivity contribution < 1.29 is 14.3 Å². The molecule has 1 saturated carbocycles. The van der Waals surface area contributed by atoms with Crippen LogP contribution in [0.4, 0.5) is 5.69 Å². The molecule has 0 aliphatic heterocycles. The molecule has 0 saturated heterocycles. The number of carbonyl (C=O) groups excluding carboxylic acids is 1. The molecule has 2 aromatic rings. The molecule has 4 heteroatoms. The Bertz CT molecular complexity index is 796. The van der Waals surface area contributed by atoms with Crippen LogP contribution in [-0.2, 0) is 9.53 Å². The number of hydrogen-bond acceptors (Lipinski definition) is 3. The number of anilines is 1. The molecule has 0 bridgehead atoms. The van der Waals surface area contributed by atoms with Crippen molar-refractivity contribution in [3.63, 3.8) is 0 Å². The first-order valence-electron chi connectivity index (χ1n) is 10.7. The van der Waals surface area contributed by atoms with Gasteiger partial charge in [0.15, 0.2) is 0 Å². The maximum absolute atomic E-state index is 13.3. The summed E-state index contributed by atoms with van der Waals surface area (Å²) in [6, 6.07) is 12.0. The van der Waals surface area contributed by atoms with Gasteiger partial charge in [-0.3, -0.25) is 4.79 Å². The van der Waals surface area contributed by atoms with Gasteiger partial charge in [0, 0.05) is 23.1 Å². The van der Waals surface area contributed by atoms with Crippen LogP contribution in [0.15, 0.2) is 36.4 Å². The first kappa shape index (κ1) is 20.7. The highest BCUT2D eigenvalue weighted by molar-refractivity contribution is 6.06. The van der Waals surface area contributed by atoms with Gasteiger partial charge in [-0.25, -0.2) is 0 Å². The van der Waals surface area contributed by atoms with E-state index in [0.29, 0.717) is 6.61 Å². The second kappa shape index (κ2) is 9.42. The molecule has 2 aromatic carbocycles. The van der Waals surface area contributed by atoms with Crippen molar-refractivity contribution in [2.24, 2.45) is 0 Å². The van der Waals surface area contributed by atoms with Crippen LogP contribution >= 0.6 is 0 Å². The number of rotatable bonds is 8. The van der Waals surface area contributed by atoms with Crippen molar-refractivity contribution in [1.29, 1.82) is 0 Å². The fraction of sp³-hybridized carbons (Fsp3) is 0.542. The van der Waals surface area contributed by atoms with Crippen LogP contribution in [0.3, 0.4) is 0 Å². The van der Waals surface area contributed by atoms with Crippen LogP contribution in [-0.4, -0.2) is 24.2 Å². The summed E-state index contributed by atoms with van der Waals surface area (Å²) in [5.41, 5.74) is 0.128. The van der Waals surface area contributed by atoms with Crippen molar-refractivity contribution in [3.05, 3.63) is 36.4 Å². The number of carbonyl (C=O) groups is 1.